The number of hydrogen-bond acceptors (Lipinski definition) is 7. The van der Waals surface area contributed by atoms with E-state index in [9.17, 15) is 0 Å². The van der Waals surface area contributed by atoms with Gasteiger partial charge >= 0.3 is 0 Å². The molecule has 0 radical (unpaired) electrons. The van der Waals surface area contributed by atoms with Crippen molar-refractivity contribution in [3.05, 3.63) is 65.3 Å². The molecule has 0 bridgehead atoms. The maximum absolute atomic E-state index is 6.00. The molecular formula is C24H19BrN4O4. The maximum atomic E-state index is 6.00. The Morgan fingerprint density at radius 3 is 2.18 bits per heavy atom. The van der Waals surface area contributed by atoms with E-state index in [0.717, 1.165) is 21.1 Å². The van der Waals surface area contributed by atoms with Crippen LogP contribution in [-0.2, 0) is 0 Å². The van der Waals surface area contributed by atoms with Crippen LogP contribution in [0.1, 0.15) is 0 Å². The molecule has 0 saturated carbocycles. The van der Waals surface area contributed by atoms with Gasteiger partial charge in [-0.2, -0.15) is 0 Å². The summed E-state index contributed by atoms with van der Waals surface area (Å²) < 4.78 is 25.4. The van der Waals surface area contributed by atoms with Crippen molar-refractivity contribution >= 4 is 21.4 Å². The number of nitrogens with zero attached hydrogens (tertiary/aromatic N) is 4. The lowest BCUT2D eigenvalue weighted by Gasteiger charge is -2.13. The maximum Gasteiger partial charge on any atom is 0.268 e. The third-order valence-electron chi connectivity index (χ3n) is 5.19. The molecule has 0 N–H and O–H groups in total. The van der Waals surface area contributed by atoms with E-state index in [1.54, 1.807) is 21.3 Å². The van der Waals surface area contributed by atoms with Crippen molar-refractivity contribution in [1.29, 1.82) is 0 Å². The first kappa shape index (κ1) is 21.0. The van der Waals surface area contributed by atoms with Crippen LogP contribution < -0.4 is 14.2 Å². The molecule has 9 heteroatoms. The van der Waals surface area contributed by atoms with Gasteiger partial charge in [-0.05, 0) is 48.5 Å². The van der Waals surface area contributed by atoms with E-state index in [2.05, 4.69) is 26.1 Å². The fraction of sp³-hybridized carbons (Fsp3) is 0.125. The van der Waals surface area contributed by atoms with Crippen molar-refractivity contribution in [3.8, 4) is 51.7 Å². The number of methoxy groups -OCH3 is 3. The Labute approximate surface area is 197 Å². The molecule has 0 spiro atoms. The first-order chi connectivity index (χ1) is 16.1. The molecule has 5 rings (SSSR count). The summed E-state index contributed by atoms with van der Waals surface area (Å²) in [7, 11) is 4.73. The van der Waals surface area contributed by atoms with Crippen LogP contribution in [0.3, 0.4) is 0 Å². The molecule has 8 nitrogen and oxygen atoms in total. The quantitative estimate of drug-likeness (QED) is 0.300. The van der Waals surface area contributed by atoms with E-state index in [1.807, 2.05) is 65.2 Å². The Hall–Kier alpha value is -3.85. The Balaban J connectivity index is 1.66. The summed E-state index contributed by atoms with van der Waals surface area (Å²) in [5.74, 6) is 3.01. The van der Waals surface area contributed by atoms with Gasteiger partial charge < -0.3 is 18.6 Å². The zero-order valence-corrected chi connectivity index (χ0v) is 19.7. The zero-order valence-electron chi connectivity index (χ0n) is 18.1. The van der Waals surface area contributed by atoms with Crippen LogP contribution in [0.25, 0.3) is 39.9 Å². The molecule has 0 unspecified atom stereocenters. The van der Waals surface area contributed by atoms with Gasteiger partial charge in [-0.15, -0.1) is 10.2 Å². The second-order valence-corrected chi connectivity index (χ2v) is 7.99. The van der Waals surface area contributed by atoms with Crippen molar-refractivity contribution in [2.45, 2.75) is 0 Å². The molecule has 33 heavy (non-hydrogen) atoms. The molecule has 166 valence electrons. The molecule has 2 aromatic carbocycles. The number of ether oxygens (including phenoxy) is 3. The summed E-state index contributed by atoms with van der Waals surface area (Å²) in [6.45, 7) is 0. The molecule has 3 aromatic heterocycles. The van der Waals surface area contributed by atoms with Gasteiger partial charge in [-0.3, -0.25) is 4.40 Å². The first-order valence-corrected chi connectivity index (χ1v) is 10.8. The van der Waals surface area contributed by atoms with Crippen molar-refractivity contribution in [1.82, 2.24) is 19.6 Å². The van der Waals surface area contributed by atoms with Gasteiger partial charge in [0.25, 0.3) is 5.89 Å². The van der Waals surface area contributed by atoms with Gasteiger partial charge in [-0.1, -0.05) is 22.0 Å². The standard InChI is InChI=1S/C24H19BrN4O4/c1-30-18-12-15(13-19(31-2)21(18)32-3)22-26-20(17-6-4-5-11-29(17)22)24-28-27-23(33-24)14-7-9-16(25)10-8-14/h4-13H,1-3H3. The second kappa shape index (κ2) is 8.59. The number of imidazole rings is 1. The molecular weight excluding hydrogens is 488 g/mol. The van der Waals surface area contributed by atoms with Crippen LogP contribution in [0.5, 0.6) is 17.2 Å². The van der Waals surface area contributed by atoms with E-state index in [0.29, 0.717) is 40.5 Å². The molecule has 0 atom stereocenters. The summed E-state index contributed by atoms with van der Waals surface area (Å²) >= 11 is 3.44. The van der Waals surface area contributed by atoms with Gasteiger partial charge in [0.2, 0.25) is 11.6 Å². The fourth-order valence-electron chi connectivity index (χ4n) is 3.64. The van der Waals surface area contributed by atoms with E-state index >= 15 is 0 Å². The fourth-order valence-corrected chi connectivity index (χ4v) is 3.90. The normalized spacial score (nSPS) is 11.0. The van der Waals surface area contributed by atoms with Crippen LogP contribution in [0, 0.1) is 0 Å². The third kappa shape index (κ3) is 3.70. The van der Waals surface area contributed by atoms with Crippen molar-refractivity contribution in [2.75, 3.05) is 21.3 Å². The Morgan fingerprint density at radius 1 is 0.818 bits per heavy atom. The number of benzene rings is 2. The highest BCUT2D eigenvalue weighted by atomic mass is 79.9. The molecule has 0 aliphatic heterocycles. The summed E-state index contributed by atoms with van der Waals surface area (Å²) in [4.78, 5) is 4.86. The third-order valence-corrected chi connectivity index (χ3v) is 5.72. The van der Waals surface area contributed by atoms with E-state index < -0.39 is 0 Å². The van der Waals surface area contributed by atoms with Crippen molar-refractivity contribution in [2.24, 2.45) is 0 Å². The number of fused-ring (bicyclic) bond motifs is 1. The van der Waals surface area contributed by atoms with E-state index in [1.165, 1.54) is 0 Å². The van der Waals surface area contributed by atoms with Crippen molar-refractivity contribution in [3.63, 3.8) is 0 Å². The Kier molecular flexibility index (Phi) is 5.47. The largest absolute Gasteiger partial charge is 0.493 e. The lowest BCUT2D eigenvalue weighted by atomic mass is 10.1. The van der Waals surface area contributed by atoms with Crippen LogP contribution in [0.4, 0.5) is 0 Å². The predicted octanol–water partition coefficient (Wildman–Crippen LogP) is 5.51. The molecule has 0 amide bonds. The Morgan fingerprint density at radius 2 is 1.52 bits per heavy atom. The topological polar surface area (TPSA) is 83.9 Å². The number of rotatable bonds is 6. The number of aromatic nitrogens is 4. The van der Waals surface area contributed by atoms with E-state index in [4.69, 9.17) is 23.6 Å². The summed E-state index contributed by atoms with van der Waals surface area (Å²) in [5, 5.41) is 8.48. The SMILES string of the molecule is COc1cc(-c2nc(-c3nnc(-c4ccc(Br)cc4)o3)c3ccccn23)cc(OC)c1OC. The highest BCUT2D eigenvalue weighted by Crippen LogP contribution is 2.42. The summed E-state index contributed by atoms with van der Waals surface area (Å²) in [6, 6.07) is 17.2. The second-order valence-electron chi connectivity index (χ2n) is 7.07. The summed E-state index contributed by atoms with van der Waals surface area (Å²) in [5.41, 5.74) is 3.01. The average molecular weight is 507 g/mol. The van der Waals surface area contributed by atoms with Gasteiger partial charge in [0.15, 0.2) is 17.2 Å². The monoisotopic (exact) mass is 506 g/mol. The first-order valence-electron chi connectivity index (χ1n) is 10.00. The zero-order chi connectivity index (χ0) is 22.9. The number of halogens is 1. The molecule has 5 aromatic rings. The van der Waals surface area contributed by atoms with Gasteiger partial charge in [0.05, 0.1) is 26.8 Å². The van der Waals surface area contributed by atoms with E-state index in [-0.39, 0.29) is 0 Å². The lowest BCUT2D eigenvalue weighted by molar-refractivity contribution is 0.324. The van der Waals surface area contributed by atoms with Gasteiger partial charge in [0.1, 0.15) is 5.82 Å². The minimum Gasteiger partial charge on any atom is -0.493 e. The van der Waals surface area contributed by atoms with Crippen molar-refractivity contribution < 1.29 is 18.6 Å². The smallest absolute Gasteiger partial charge is 0.268 e. The van der Waals surface area contributed by atoms with Crippen LogP contribution >= 0.6 is 15.9 Å². The molecule has 0 saturated heterocycles. The number of pyridine rings is 1. The highest BCUT2D eigenvalue weighted by molar-refractivity contribution is 9.10. The summed E-state index contributed by atoms with van der Waals surface area (Å²) in [6.07, 6.45) is 1.93. The Bertz CT molecular complexity index is 1420. The van der Waals surface area contributed by atoms with Crippen LogP contribution in [-0.4, -0.2) is 40.9 Å². The molecule has 0 aliphatic carbocycles. The number of hydrogen-bond donors (Lipinski definition) is 0. The predicted molar refractivity (Wildman–Crippen MR) is 127 cm³/mol. The van der Waals surface area contributed by atoms with Gasteiger partial charge in [-0.25, -0.2) is 4.98 Å². The van der Waals surface area contributed by atoms with Crippen LogP contribution in [0.15, 0.2) is 69.7 Å². The lowest BCUT2D eigenvalue weighted by Crippen LogP contribution is -1.97. The van der Waals surface area contributed by atoms with Crippen LogP contribution in [0.2, 0.25) is 0 Å². The van der Waals surface area contributed by atoms with Gasteiger partial charge in [0, 0.05) is 21.8 Å². The minimum atomic E-state index is 0.329. The highest BCUT2D eigenvalue weighted by Gasteiger charge is 2.22. The minimum absolute atomic E-state index is 0.329. The molecule has 0 aliphatic rings. The molecule has 0 fully saturated rings. The average Bonchev–Trinajstić information content (AvgIpc) is 3.49. The molecule has 3 heterocycles.